The minimum Gasteiger partial charge on any atom is -0.330 e. The third kappa shape index (κ3) is 1.61. The van der Waals surface area contributed by atoms with Crippen LogP contribution in [-0.2, 0) is 6.42 Å². The molecule has 0 radical (unpaired) electrons. The van der Waals surface area contributed by atoms with Crippen molar-refractivity contribution < 1.29 is 4.39 Å². The topological polar surface area (TPSA) is 26.0 Å². The van der Waals surface area contributed by atoms with E-state index in [1.807, 2.05) is 24.3 Å². The van der Waals surface area contributed by atoms with Gasteiger partial charge in [-0.25, -0.2) is 4.39 Å². The van der Waals surface area contributed by atoms with Crippen LogP contribution in [-0.4, -0.2) is 6.54 Å². The molecule has 0 atom stereocenters. The zero-order valence-corrected chi connectivity index (χ0v) is 7.83. The van der Waals surface area contributed by atoms with Gasteiger partial charge in [-0.15, -0.1) is 0 Å². The molecule has 2 rings (SSSR count). The normalized spacial score (nSPS) is 10.7. The molecule has 0 fully saturated rings. The maximum absolute atomic E-state index is 13.3. The summed E-state index contributed by atoms with van der Waals surface area (Å²) in [6.45, 7) is 0.626. The summed E-state index contributed by atoms with van der Waals surface area (Å²) in [5.41, 5.74) is 6.62. The largest absolute Gasteiger partial charge is 0.330 e. The van der Waals surface area contributed by atoms with Crippen LogP contribution >= 0.6 is 0 Å². The molecule has 0 aromatic heterocycles. The Morgan fingerprint density at radius 1 is 1.14 bits per heavy atom. The minimum absolute atomic E-state index is 0.165. The van der Waals surface area contributed by atoms with Crippen molar-refractivity contribution >= 4 is 10.8 Å². The van der Waals surface area contributed by atoms with Gasteiger partial charge in [0.1, 0.15) is 5.82 Å². The van der Waals surface area contributed by atoms with E-state index in [1.165, 1.54) is 6.07 Å². The Bertz CT molecular complexity index is 451. The molecule has 0 aliphatic rings. The molecule has 0 aliphatic carbocycles. The van der Waals surface area contributed by atoms with E-state index in [0.717, 1.165) is 17.4 Å². The minimum atomic E-state index is -0.165. The summed E-state index contributed by atoms with van der Waals surface area (Å²) in [5.74, 6) is -0.165. The van der Waals surface area contributed by atoms with Crippen LogP contribution in [0.4, 0.5) is 4.39 Å². The van der Waals surface area contributed by atoms with E-state index in [9.17, 15) is 4.39 Å². The van der Waals surface area contributed by atoms with Crippen LogP contribution in [0.25, 0.3) is 10.8 Å². The highest BCUT2D eigenvalue weighted by atomic mass is 19.1. The summed E-state index contributed by atoms with van der Waals surface area (Å²) in [6.07, 6.45) is 0.840. The van der Waals surface area contributed by atoms with Gasteiger partial charge in [0.2, 0.25) is 0 Å². The van der Waals surface area contributed by atoms with E-state index in [2.05, 4.69) is 0 Å². The Kier molecular flexibility index (Phi) is 2.46. The van der Waals surface area contributed by atoms with Crippen LogP contribution in [0.5, 0.6) is 0 Å². The number of benzene rings is 2. The summed E-state index contributed by atoms with van der Waals surface area (Å²) in [6, 6.07) is 10.9. The molecular formula is C12H12FN. The van der Waals surface area contributed by atoms with Crippen molar-refractivity contribution in [1.29, 1.82) is 0 Å². The lowest BCUT2D eigenvalue weighted by molar-refractivity contribution is 0.640. The predicted octanol–water partition coefficient (Wildman–Crippen LogP) is 2.48. The highest BCUT2D eigenvalue weighted by Gasteiger charge is 2.00. The van der Waals surface area contributed by atoms with E-state index in [-0.39, 0.29) is 5.82 Å². The fourth-order valence-corrected chi connectivity index (χ4v) is 1.62. The van der Waals surface area contributed by atoms with Crippen LogP contribution in [0.1, 0.15) is 5.56 Å². The highest BCUT2D eigenvalue weighted by molar-refractivity contribution is 5.83. The molecular weight excluding hydrogens is 177 g/mol. The number of nitrogens with two attached hydrogens (primary N) is 1. The van der Waals surface area contributed by atoms with E-state index in [0.29, 0.717) is 11.9 Å². The zero-order valence-electron chi connectivity index (χ0n) is 7.83. The molecule has 0 aliphatic heterocycles. The van der Waals surface area contributed by atoms with E-state index in [4.69, 9.17) is 5.73 Å². The molecule has 0 amide bonds. The number of hydrogen-bond acceptors (Lipinski definition) is 1. The second-order valence-electron chi connectivity index (χ2n) is 3.33. The monoisotopic (exact) mass is 189 g/mol. The molecule has 2 aromatic rings. The van der Waals surface area contributed by atoms with Gasteiger partial charge in [-0.05, 0) is 30.0 Å². The highest BCUT2D eigenvalue weighted by Crippen LogP contribution is 2.19. The van der Waals surface area contributed by atoms with E-state index < -0.39 is 0 Å². The van der Waals surface area contributed by atoms with Gasteiger partial charge >= 0.3 is 0 Å². The third-order valence-corrected chi connectivity index (χ3v) is 2.32. The number of halogens is 1. The molecule has 2 N–H and O–H groups in total. The van der Waals surface area contributed by atoms with Gasteiger partial charge in [0, 0.05) is 5.39 Å². The van der Waals surface area contributed by atoms with Crippen LogP contribution in [0.3, 0.4) is 0 Å². The molecule has 2 heteroatoms. The summed E-state index contributed by atoms with van der Waals surface area (Å²) < 4.78 is 13.3. The van der Waals surface area contributed by atoms with Crippen molar-refractivity contribution in [2.45, 2.75) is 6.42 Å². The first-order valence-corrected chi connectivity index (χ1v) is 4.68. The first-order valence-electron chi connectivity index (χ1n) is 4.68. The summed E-state index contributed by atoms with van der Waals surface area (Å²) in [7, 11) is 0. The molecule has 2 aromatic carbocycles. The summed E-state index contributed by atoms with van der Waals surface area (Å²) >= 11 is 0. The maximum atomic E-state index is 13.3. The van der Waals surface area contributed by atoms with Crippen molar-refractivity contribution in [3.63, 3.8) is 0 Å². The molecule has 0 saturated carbocycles. The van der Waals surface area contributed by atoms with Crippen molar-refractivity contribution in [1.82, 2.24) is 0 Å². The quantitative estimate of drug-likeness (QED) is 0.771. The molecule has 0 saturated heterocycles. The Balaban J connectivity index is 2.56. The zero-order chi connectivity index (χ0) is 9.97. The lowest BCUT2D eigenvalue weighted by Crippen LogP contribution is -2.02. The van der Waals surface area contributed by atoms with E-state index >= 15 is 0 Å². The Hall–Kier alpha value is -1.41. The van der Waals surface area contributed by atoms with Gasteiger partial charge in [0.05, 0.1) is 0 Å². The van der Waals surface area contributed by atoms with Crippen molar-refractivity contribution in [3.05, 3.63) is 47.8 Å². The average molecular weight is 189 g/mol. The SMILES string of the molecule is NCCc1ccc2c(F)cccc2c1. The number of rotatable bonds is 2. The standard InChI is InChI=1S/C12H12FN/c13-12-3-1-2-10-8-9(6-7-14)4-5-11(10)12/h1-5,8H,6-7,14H2. The van der Waals surface area contributed by atoms with Crippen LogP contribution < -0.4 is 5.73 Å². The average Bonchev–Trinajstić information content (AvgIpc) is 2.18. The van der Waals surface area contributed by atoms with Gasteiger partial charge in [0.15, 0.2) is 0 Å². The lowest BCUT2D eigenvalue weighted by atomic mass is 10.0. The van der Waals surface area contributed by atoms with Crippen molar-refractivity contribution in [3.8, 4) is 0 Å². The molecule has 0 heterocycles. The maximum Gasteiger partial charge on any atom is 0.131 e. The van der Waals surface area contributed by atoms with Crippen LogP contribution in [0, 0.1) is 5.82 Å². The van der Waals surface area contributed by atoms with Crippen molar-refractivity contribution in [2.24, 2.45) is 5.73 Å². The second-order valence-corrected chi connectivity index (χ2v) is 3.33. The Morgan fingerprint density at radius 3 is 2.79 bits per heavy atom. The van der Waals surface area contributed by atoms with Gasteiger partial charge in [-0.1, -0.05) is 30.3 Å². The third-order valence-electron chi connectivity index (χ3n) is 2.32. The fourth-order valence-electron chi connectivity index (χ4n) is 1.62. The number of hydrogen-bond donors (Lipinski definition) is 1. The van der Waals surface area contributed by atoms with Gasteiger partial charge in [-0.2, -0.15) is 0 Å². The predicted molar refractivity (Wildman–Crippen MR) is 56.7 cm³/mol. The lowest BCUT2D eigenvalue weighted by Gasteiger charge is -2.02. The summed E-state index contributed by atoms with van der Waals surface area (Å²) in [5, 5.41) is 1.62. The van der Waals surface area contributed by atoms with Crippen LogP contribution in [0.15, 0.2) is 36.4 Å². The van der Waals surface area contributed by atoms with Gasteiger partial charge < -0.3 is 5.73 Å². The molecule has 0 bridgehead atoms. The second kappa shape index (κ2) is 3.76. The molecule has 0 unspecified atom stereocenters. The van der Waals surface area contributed by atoms with E-state index in [1.54, 1.807) is 6.07 Å². The van der Waals surface area contributed by atoms with Gasteiger partial charge in [0.25, 0.3) is 0 Å². The first-order chi connectivity index (χ1) is 6.81. The fraction of sp³-hybridized carbons (Fsp3) is 0.167. The Labute approximate surface area is 82.3 Å². The first kappa shape index (κ1) is 9.16. The molecule has 14 heavy (non-hydrogen) atoms. The number of fused-ring (bicyclic) bond motifs is 1. The summed E-state index contributed by atoms with van der Waals surface area (Å²) in [4.78, 5) is 0. The molecule has 0 spiro atoms. The van der Waals surface area contributed by atoms with Crippen molar-refractivity contribution in [2.75, 3.05) is 6.54 Å². The smallest absolute Gasteiger partial charge is 0.131 e. The molecule has 1 nitrogen and oxygen atoms in total. The Morgan fingerprint density at radius 2 is 2.00 bits per heavy atom. The van der Waals surface area contributed by atoms with Gasteiger partial charge in [-0.3, -0.25) is 0 Å². The van der Waals surface area contributed by atoms with Crippen LogP contribution in [0.2, 0.25) is 0 Å². The molecule has 72 valence electrons.